The number of ether oxygens (including phenoxy) is 2. The standard InChI is InChI=1S/C36H24Cl2N2O3.C14H13NO.C9H2Cl2O5.C2H4O2/c1-39-17-19-7-3-5-9-21(19)23-13-25-31(15-29(23)39)43-32-16-30-24(22-10-6-4-8-20(22)18-40(30)2)14-26(32)33(25)34-27(37)11-12-28(38)35(34)36(41)42;1-15-9-10-4-2-3-5-12(10)13-7-6-11(16)8-14(13)15;10-3-1-2(7(12)13)6(11)5-4(3)8(14)16-9(5)15;1-2(3)4/h3-16H,17-18H2,1-2H3;2-8,16H,9H2,1H3;1H,(H,12,13);1H3,(H,3,4). The minimum absolute atomic E-state index is 0.0626. The zero-order chi connectivity index (χ0) is 56.3. The van der Waals surface area contributed by atoms with Crippen molar-refractivity contribution in [3.05, 3.63) is 214 Å². The average Bonchev–Trinajstić information content (AvgIpc) is 3.77. The molecule has 0 saturated carbocycles. The normalized spacial score (nSPS) is 13.4. The van der Waals surface area contributed by atoms with Crippen LogP contribution in [0.4, 0.5) is 11.4 Å². The third kappa shape index (κ3) is 9.89. The van der Waals surface area contributed by atoms with Crippen molar-refractivity contribution in [1.82, 2.24) is 4.58 Å². The van der Waals surface area contributed by atoms with Gasteiger partial charge in [0.1, 0.15) is 24.3 Å². The van der Waals surface area contributed by atoms with Crippen LogP contribution < -0.4 is 34.8 Å². The molecule has 0 atom stereocenters. The molecule has 5 heterocycles. The number of anilines is 2. The van der Waals surface area contributed by atoms with Crippen molar-refractivity contribution in [2.75, 3.05) is 30.9 Å². The Morgan fingerprint density at radius 1 is 0.582 bits per heavy atom. The Morgan fingerprint density at radius 2 is 1.14 bits per heavy atom. The summed E-state index contributed by atoms with van der Waals surface area (Å²) in [5.41, 5.74) is 13.4. The van der Waals surface area contributed by atoms with E-state index >= 15 is 0 Å². The Labute approximate surface area is 471 Å². The first-order valence-electron chi connectivity index (χ1n) is 24.3. The summed E-state index contributed by atoms with van der Waals surface area (Å²) in [4.78, 5) is 59.2. The average molecular weight is 1140 g/mol. The second-order valence-corrected chi connectivity index (χ2v) is 20.6. The Balaban J connectivity index is 0.000000159. The van der Waals surface area contributed by atoms with E-state index in [9.17, 15) is 29.4 Å². The van der Waals surface area contributed by atoms with Crippen LogP contribution in [-0.4, -0.2) is 66.3 Å². The summed E-state index contributed by atoms with van der Waals surface area (Å²) in [6, 6.07) is 43.0. The van der Waals surface area contributed by atoms with Gasteiger partial charge >= 0.3 is 17.9 Å². The Kier molecular flexibility index (Phi) is 14.5. The number of phenols is 1. The van der Waals surface area contributed by atoms with Gasteiger partial charge in [0.15, 0.2) is 6.54 Å². The number of carboxylic acid groups (broad SMARTS) is 3. The number of phenolic OH excluding ortho intramolecular Hbond substituents is 1. The lowest BCUT2D eigenvalue weighted by atomic mass is 9.84. The molecule has 0 aliphatic carbocycles. The first-order chi connectivity index (χ1) is 37.7. The number of nitrogens with zero attached hydrogens (tertiary/aromatic N) is 3. The van der Waals surface area contributed by atoms with Gasteiger partial charge in [0.05, 0.1) is 49.4 Å². The van der Waals surface area contributed by atoms with Gasteiger partial charge in [-0.3, -0.25) is 4.79 Å². The second kappa shape index (κ2) is 21.3. The van der Waals surface area contributed by atoms with E-state index in [4.69, 9.17) is 66.1 Å². The quantitative estimate of drug-likeness (QED) is 0.0859. The van der Waals surface area contributed by atoms with Crippen molar-refractivity contribution < 1.29 is 53.9 Å². The fraction of sp³-hybridized carbons (Fsp3) is 0.115. The van der Waals surface area contributed by atoms with Crippen molar-refractivity contribution in [3.8, 4) is 50.6 Å². The van der Waals surface area contributed by atoms with Crippen molar-refractivity contribution in [3.63, 3.8) is 0 Å². The van der Waals surface area contributed by atoms with Gasteiger partial charge in [-0.2, -0.15) is 0 Å². The van der Waals surface area contributed by atoms with E-state index in [2.05, 4.69) is 93.9 Å². The Hall–Kier alpha value is -8.66. The zero-order valence-corrected chi connectivity index (χ0v) is 45.3. The largest absolute Gasteiger partial charge is 0.545 e. The molecule has 8 aromatic carbocycles. The lowest BCUT2D eigenvalue weighted by Crippen LogP contribution is -2.34. The number of benzene rings is 8. The number of cyclic esters (lactones) is 2. The molecule has 18 heteroatoms. The van der Waals surface area contributed by atoms with Crippen molar-refractivity contribution >= 4 is 93.2 Å². The minimum atomic E-state index is -1.39. The molecular weight excluding hydrogens is 1090 g/mol. The summed E-state index contributed by atoms with van der Waals surface area (Å²) >= 11 is 24.8. The highest BCUT2D eigenvalue weighted by Crippen LogP contribution is 2.49. The van der Waals surface area contributed by atoms with Gasteiger partial charge in [0.25, 0.3) is 5.97 Å². The van der Waals surface area contributed by atoms with Crippen LogP contribution in [-0.2, 0) is 29.2 Å². The second-order valence-electron chi connectivity index (χ2n) is 19.0. The molecule has 13 rings (SSSR count). The number of hydrogen-bond donors (Lipinski definition) is 3. The first kappa shape index (κ1) is 53.7. The van der Waals surface area contributed by atoms with E-state index in [1.807, 2.05) is 55.6 Å². The van der Waals surface area contributed by atoms with Gasteiger partial charge in [-0.25, -0.2) is 19.0 Å². The fourth-order valence-corrected chi connectivity index (χ4v) is 11.6. The number of carbonyl (C=O) groups is 5. The van der Waals surface area contributed by atoms with Gasteiger partial charge in [-0.05, 0) is 70.3 Å². The van der Waals surface area contributed by atoms with Crippen LogP contribution in [0.5, 0.6) is 17.2 Å². The van der Waals surface area contributed by atoms with Crippen LogP contribution in [0, 0.1) is 0 Å². The maximum absolute atomic E-state index is 12.6. The van der Waals surface area contributed by atoms with E-state index < -0.39 is 29.8 Å². The molecule has 0 bridgehead atoms. The van der Waals surface area contributed by atoms with Gasteiger partial charge < -0.3 is 44.5 Å². The summed E-state index contributed by atoms with van der Waals surface area (Å²) in [7, 11) is 6.18. The SMILES string of the molecule is CC(=O)O.CN1Cc2ccccc2-c2cc3c(cc21)Oc1cc2c(cc1=C3c1c(Cl)ccc(Cl)c1C(=O)[O-])-c1ccccc1C[N+]=2C.CN1Cc2ccccc2-c2ccc(O)cc21.O=C(O)c1cc(Cl)c2c(c1Cl)C(=O)OC2=O. The molecule has 0 amide bonds. The highest BCUT2D eigenvalue weighted by molar-refractivity contribution is 6.42. The molecule has 8 aromatic rings. The van der Waals surface area contributed by atoms with E-state index in [0.29, 0.717) is 28.4 Å². The fourth-order valence-electron chi connectivity index (χ4n) is 10.5. The van der Waals surface area contributed by atoms with Crippen molar-refractivity contribution in [2.24, 2.45) is 0 Å². The van der Waals surface area contributed by atoms with E-state index in [1.54, 1.807) is 12.1 Å². The molecule has 3 N–H and O–H groups in total. The predicted molar refractivity (Wildman–Crippen MR) is 301 cm³/mol. The molecule has 0 saturated heterocycles. The molecule has 5 aliphatic heterocycles. The number of aromatic hydroxyl groups is 1. The first-order valence-corrected chi connectivity index (χ1v) is 25.8. The molecule has 0 unspecified atom stereocenters. The highest BCUT2D eigenvalue weighted by atomic mass is 35.5. The number of esters is 2. The molecule has 14 nitrogen and oxygen atoms in total. The van der Waals surface area contributed by atoms with E-state index in [0.717, 1.165) is 82.4 Å². The summed E-state index contributed by atoms with van der Waals surface area (Å²) in [6.07, 6.45) is 0. The van der Waals surface area contributed by atoms with Crippen LogP contribution in [0.2, 0.25) is 20.1 Å². The molecule has 0 spiro atoms. The van der Waals surface area contributed by atoms with Gasteiger partial charge in [-0.15, -0.1) is 0 Å². The summed E-state index contributed by atoms with van der Waals surface area (Å²) in [5, 5.41) is 39.9. The maximum atomic E-state index is 12.6. The molecule has 5 aliphatic rings. The minimum Gasteiger partial charge on any atom is -0.545 e. The molecule has 396 valence electrons. The van der Waals surface area contributed by atoms with E-state index in [-0.39, 0.29) is 42.3 Å². The lowest BCUT2D eigenvalue weighted by Gasteiger charge is -2.32. The predicted octanol–water partition coefficient (Wildman–Crippen LogP) is 10.7. The number of rotatable bonds is 3. The van der Waals surface area contributed by atoms with Crippen LogP contribution in [0.1, 0.15) is 76.2 Å². The van der Waals surface area contributed by atoms with Gasteiger partial charge in [-0.1, -0.05) is 119 Å². The lowest BCUT2D eigenvalue weighted by molar-refractivity contribution is -0.255. The molecular formula is C61H43Cl4N3O11. The molecule has 0 fully saturated rings. The smallest absolute Gasteiger partial charge is 0.348 e. The Bertz CT molecular complexity index is 4120. The molecule has 79 heavy (non-hydrogen) atoms. The number of aliphatic carboxylic acids is 1. The van der Waals surface area contributed by atoms with Crippen LogP contribution in [0.3, 0.4) is 0 Å². The van der Waals surface area contributed by atoms with E-state index in [1.165, 1.54) is 33.9 Å². The number of fused-ring (bicyclic) bond motifs is 12. The number of aromatic carboxylic acids is 2. The molecule has 0 radical (unpaired) electrons. The maximum Gasteiger partial charge on any atom is 0.348 e. The highest BCUT2D eigenvalue weighted by Gasteiger charge is 2.37. The summed E-state index contributed by atoms with van der Waals surface area (Å²) in [6.45, 7) is 3.51. The Morgan fingerprint density at radius 3 is 1.76 bits per heavy atom. The number of carbonyl (C=O) groups excluding carboxylic acids is 3. The molecule has 0 aromatic heterocycles. The third-order valence-electron chi connectivity index (χ3n) is 13.9. The monoisotopic (exact) mass is 1130 g/mol. The number of hydrogen-bond acceptors (Lipinski definition) is 11. The number of carboxylic acids is 3. The summed E-state index contributed by atoms with van der Waals surface area (Å²) < 4.78 is 13.2. The van der Waals surface area contributed by atoms with Gasteiger partial charge in [0.2, 0.25) is 5.36 Å². The van der Waals surface area contributed by atoms with Crippen molar-refractivity contribution in [1.29, 1.82) is 0 Å². The van der Waals surface area contributed by atoms with Gasteiger partial charge in [0, 0.05) is 107 Å². The van der Waals surface area contributed by atoms with Crippen LogP contribution in [0.15, 0.2) is 133 Å². The van der Waals surface area contributed by atoms with Crippen molar-refractivity contribution in [2.45, 2.75) is 26.6 Å². The van der Waals surface area contributed by atoms with Crippen LogP contribution in [0.25, 0.3) is 39.0 Å². The van der Waals surface area contributed by atoms with Crippen LogP contribution >= 0.6 is 46.4 Å². The third-order valence-corrected chi connectivity index (χ3v) is 15.2. The summed E-state index contributed by atoms with van der Waals surface area (Å²) in [5.74, 6) is -3.93. The topological polar surface area (TPSA) is 197 Å². The zero-order valence-electron chi connectivity index (χ0n) is 42.3. The number of halogens is 4.